The number of nitrogens with one attached hydrogen (secondary N) is 1. The van der Waals surface area contributed by atoms with E-state index in [0.717, 1.165) is 12.3 Å². The van der Waals surface area contributed by atoms with E-state index in [4.69, 9.17) is 9.47 Å². The van der Waals surface area contributed by atoms with Crippen molar-refractivity contribution in [2.24, 2.45) is 0 Å². The van der Waals surface area contributed by atoms with Crippen LogP contribution in [0.3, 0.4) is 0 Å². The third-order valence-corrected chi connectivity index (χ3v) is 2.58. The minimum Gasteiger partial charge on any atom is -0.467 e. The van der Waals surface area contributed by atoms with E-state index < -0.39 is 0 Å². The van der Waals surface area contributed by atoms with Crippen LogP contribution in [-0.2, 0) is 17.9 Å². The molecule has 2 rings (SSSR count). The van der Waals surface area contributed by atoms with Crippen LogP contribution in [0.15, 0.2) is 18.2 Å². The Bertz CT molecular complexity index is 369. The fourth-order valence-corrected chi connectivity index (χ4v) is 1.69. The summed E-state index contributed by atoms with van der Waals surface area (Å²) < 4.78 is 10.8. The van der Waals surface area contributed by atoms with Crippen LogP contribution in [0.4, 0.5) is 0 Å². The first-order chi connectivity index (χ1) is 7.56. The first-order valence-corrected chi connectivity index (χ1v) is 5.62. The molecule has 1 aliphatic heterocycles. The van der Waals surface area contributed by atoms with Crippen molar-refractivity contribution < 1.29 is 9.47 Å². The minimum atomic E-state index is 0.124. The third kappa shape index (κ3) is 2.74. The second-order valence-electron chi connectivity index (χ2n) is 5.11. The number of ether oxygens (including phenoxy) is 2. The maximum Gasteiger partial charge on any atom is 0.189 e. The van der Waals surface area contributed by atoms with Crippen molar-refractivity contribution in [1.82, 2.24) is 5.32 Å². The van der Waals surface area contributed by atoms with Gasteiger partial charge in [-0.15, -0.1) is 0 Å². The first-order valence-electron chi connectivity index (χ1n) is 5.62. The Labute approximate surface area is 96.8 Å². The fourth-order valence-electron chi connectivity index (χ4n) is 1.69. The Morgan fingerprint density at radius 1 is 1.31 bits per heavy atom. The zero-order valence-corrected chi connectivity index (χ0v) is 10.2. The Morgan fingerprint density at radius 3 is 2.88 bits per heavy atom. The second kappa shape index (κ2) is 4.44. The van der Waals surface area contributed by atoms with Gasteiger partial charge in [0, 0.05) is 17.6 Å². The molecule has 0 radical (unpaired) electrons. The lowest BCUT2D eigenvalue weighted by Crippen LogP contribution is -2.35. The summed E-state index contributed by atoms with van der Waals surface area (Å²) in [7, 11) is 0. The number of fused-ring (bicyclic) bond motifs is 1. The average molecular weight is 221 g/mol. The van der Waals surface area contributed by atoms with E-state index in [9.17, 15) is 0 Å². The smallest absolute Gasteiger partial charge is 0.189 e. The summed E-state index contributed by atoms with van der Waals surface area (Å²) in [6.07, 6.45) is 0. The lowest BCUT2D eigenvalue weighted by molar-refractivity contribution is -0.0169. The van der Waals surface area contributed by atoms with Gasteiger partial charge >= 0.3 is 0 Å². The summed E-state index contributed by atoms with van der Waals surface area (Å²) in [5.74, 6) is 0.958. The highest BCUT2D eigenvalue weighted by molar-refractivity contribution is 5.40. The van der Waals surface area contributed by atoms with Crippen molar-refractivity contribution in [2.75, 3.05) is 6.79 Å². The van der Waals surface area contributed by atoms with Crippen LogP contribution in [-0.4, -0.2) is 12.3 Å². The molecule has 0 aromatic heterocycles. The Morgan fingerprint density at radius 2 is 2.12 bits per heavy atom. The molecule has 3 nitrogen and oxygen atoms in total. The summed E-state index contributed by atoms with van der Waals surface area (Å²) >= 11 is 0. The quantitative estimate of drug-likeness (QED) is 0.832. The Hall–Kier alpha value is -1.06. The molecule has 0 aliphatic carbocycles. The predicted molar refractivity (Wildman–Crippen MR) is 63.3 cm³/mol. The van der Waals surface area contributed by atoms with Crippen LogP contribution in [0.2, 0.25) is 0 Å². The maximum absolute atomic E-state index is 5.45. The van der Waals surface area contributed by atoms with Gasteiger partial charge in [0.25, 0.3) is 0 Å². The van der Waals surface area contributed by atoms with Crippen molar-refractivity contribution in [3.63, 3.8) is 0 Å². The Kier molecular flexibility index (Phi) is 3.17. The van der Waals surface area contributed by atoms with Gasteiger partial charge in [0.15, 0.2) is 6.79 Å². The normalized spacial score (nSPS) is 15.4. The summed E-state index contributed by atoms with van der Waals surface area (Å²) in [6.45, 7) is 8.35. The molecule has 1 aromatic rings. The SMILES string of the molecule is CC(C)(C)NCc1cccc2c1COCO2. The van der Waals surface area contributed by atoms with Gasteiger partial charge in [-0.25, -0.2) is 0 Å². The van der Waals surface area contributed by atoms with Crippen molar-refractivity contribution in [3.05, 3.63) is 29.3 Å². The summed E-state index contributed by atoms with van der Waals surface area (Å²) in [5, 5.41) is 3.48. The molecule has 0 fully saturated rings. The fraction of sp³-hybridized carbons (Fsp3) is 0.538. The zero-order chi connectivity index (χ0) is 11.6. The standard InChI is InChI=1S/C13H19NO2/c1-13(2,3)14-7-10-5-4-6-12-11(10)8-15-9-16-12/h4-6,14H,7-9H2,1-3H3. The molecule has 0 bridgehead atoms. The van der Waals surface area contributed by atoms with Gasteiger partial charge in [0.05, 0.1) is 6.61 Å². The third-order valence-electron chi connectivity index (χ3n) is 2.58. The molecule has 88 valence electrons. The molecule has 0 unspecified atom stereocenters. The van der Waals surface area contributed by atoms with E-state index in [1.54, 1.807) is 0 Å². The highest BCUT2D eigenvalue weighted by Crippen LogP contribution is 2.26. The summed E-state index contributed by atoms with van der Waals surface area (Å²) in [4.78, 5) is 0. The van der Waals surface area contributed by atoms with Crippen LogP contribution in [0.1, 0.15) is 31.9 Å². The van der Waals surface area contributed by atoms with Crippen molar-refractivity contribution in [3.8, 4) is 5.75 Å². The highest BCUT2D eigenvalue weighted by atomic mass is 16.7. The van der Waals surface area contributed by atoms with E-state index in [-0.39, 0.29) is 5.54 Å². The van der Waals surface area contributed by atoms with E-state index in [2.05, 4.69) is 32.2 Å². The molecule has 1 aliphatic rings. The molecule has 0 atom stereocenters. The van der Waals surface area contributed by atoms with E-state index >= 15 is 0 Å². The lowest BCUT2D eigenvalue weighted by atomic mass is 10.0. The minimum absolute atomic E-state index is 0.124. The van der Waals surface area contributed by atoms with Gasteiger partial charge in [-0.1, -0.05) is 12.1 Å². The molecule has 1 heterocycles. The Balaban J connectivity index is 2.15. The van der Waals surface area contributed by atoms with Gasteiger partial charge < -0.3 is 14.8 Å². The molecule has 1 aromatic carbocycles. The van der Waals surface area contributed by atoms with Crippen LogP contribution in [0, 0.1) is 0 Å². The van der Waals surface area contributed by atoms with Crippen LogP contribution in [0.25, 0.3) is 0 Å². The lowest BCUT2D eigenvalue weighted by Gasteiger charge is -2.24. The second-order valence-corrected chi connectivity index (χ2v) is 5.11. The molecule has 0 saturated heterocycles. The molecule has 3 heteroatoms. The van der Waals surface area contributed by atoms with Crippen molar-refractivity contribution >= 4 is 0 Å². The van der Waals surface area contributed by atoms with E-state index in [1.807, 2.05) is 12.1 Å². The zero-order valence-electron chi connectivity index (χ0n) is 10.2. The van der Waals surface area contributed by atoms with Gasteiger partial charge in [-0.2, -0.15) is 0 Å². The van der Waals surface area contributed by atoms with Gasteiger partial charge in [0.2, 0.25) is 0 Å². The topological polar surface area (TPSA) is 30.5 Å². The maximum atomic E-state index is 5.45. The summed E-state index contributed by atoms with van der Waals surface area (Å²) in [6, 6.07) is 6.15. The van der Waals surface area contributed by atoms with Crippen LogP contribution in [0.5, 0.6) is 5.75 Å². The highest BCUT2D eigenvalue weighted by Gasteiger charge is 2.16. The van der Waals surface area contributed by atoms with E-state index in [1.165, 1.54) is 11.1 Å². The molecule has 16 heavy (non-hydrogen) atoms. The predicted octanol–water partition coefficient (Wildman–Crippen LogP) is 2.44. The monoisotopic (exact) mass is 221 g/mol. The molecule has 0 amide bonds. The molecular weight excluding hydrogens is 202 g/mol. The molecule has 0 saturated carbocycles. The molecular formula is C13H19NO2. The molecule has 1 N–H and O–H groups in total. The largest absolute Gasteiger partial charge is 0.467 e. The van der Waals surface area contributed by atoms with E-state index in [0.29, 0.717) is 13.4 Å². The van der Waals surface area contributed by atoms with Gasteiger partial charge in [-0.05, 0) is 32.4 Å². The average Bonchev–Trinajstić information content (AvgIpc) is 2.25. The van der Waals surface area contributed by atoms with Crippen molar-refractivity contribution in [1.29, 1.82) is 0 Å². The van der Waals surface area contributed by atoms with Crippen LogP contribution < -0.4 is 10.1 Å². The van der Waals surface area contributed by atoms with Gasteiger partial charge in [0.1, 0.15) is 5.75 Å². The van der Waals surface area contributed by atoms with Crippen LogP contribution >= 0.6 is 0 Å². The van der Waals surface area contributed by atoms with Crippen molar-refractivity contribution in [2.45, 2.75) is 39.5 Å². The number of hydrogen-bond donors (Lipinski definition) is 1. The number of benzene rings is 1. The first kappa shape index (κ1) is 11.4. The van der Waals surface area contributed by atoms with Gasteiger partial charge in [-0.3, -0.25) is 0 Å². The number of rotatable bonds is 2. The summed E-state index contributed by atoms with van der Waals surface area (Å²) in [5.41, 5.74) is 2.55. The number of hydrogen-bond acceptors (Lipinski definition) is 3. The molecule has 0 spiro atoms.